The van der Waals surface area contributed by atoms with Crippen LogP contribution in [0.25, 0.3) is 11.3 Å². The number of hydrogen-bond donors (Lipinski definition) is 2. The third-order valence-electron chi connectivity index (χ3n) is 4.72. The molecule has 0 unspecified atom stereocenters. The summed E-state index contributed by atoms with van der Waals surface area (Å²) in [7, 11) is 1.62. The van der Waals surface area contributed by atoms with Crippen LogP contribution in [0.4, 0.5) is 21.3 Å². The molecule has 2 N–H and O–H groups in total. The van der Waals surface area contributed by atoms with E-state index in [2.05, 4.69) is 35.4 Å². The van der Waals surface area contributed by atoms with Crippen molar-refractivity contribution in [2.75, 3.05) is 23.9 Å². The van der Waals surface area contributed by atoms with E-state index in [4.69, 9.17) is 9.72 Å². The Balaban J connectivity index is 1.40. The molecule has 152 valence electrons. The van der Waals surface area contributed by atoms with Gasteiger partial charge in [0.25, 0.3) is 0 Å². The average molecular weight is 424 g/mol. The van der Waals surface area contributed by atoms with Gasteiger partial charge >= 0.3 is 0 Å². The van der Waals surface area contributed by atoms with Crippen molar-refractivity contribution >= 4 is 28.2 Å². The van der Waals surface area contributed by atoms with Gasteiger partial charge in [0.1, 0.15) is 11.6 Å². The van der Waals surface area contributed by atoms with Crippen LogP contribution in [-0.2, 0) is 13.0 Å². The van der Waals surface area contributed by atoms with Crippen LogP contribution in [0.5, 0.6) is 5.75 Å². The molecule has 30 heavy (non-hydrogen) atoms. The number of H-pyrrole nitrogens is 1. The Hall–Kier alpha value is -3.60. The zero-order chi connectivity index (χ0) is 20.5. The number of aromatic nitrogens is 6. The van der Waals surface area contributed by atoms with Gasteiger partial charge in [-0.05, 0) is 12.1 Å². The molecular formula is C19H17FN8OS. The number of ether oxygens (including phenoxy) is 1. The molecule has 0 aliphatic carbocycles. The number of halogens is 1. The molecule has 5 rings (SSSR count). The van der Waals surface area contributed by atoms with E-state index in [0.29, 0.717) is 17.6 Å². The standard InChI is InChI=1S/C19H17FN8OS/c1-29-13-3-2-12(21-8-13)10-28-5-4-15-16(14-9-24-27-17(14)28)25-19(30-15)26-18-22-6-11(20)7-23-18/h2-3,6-9H,4-5,10H2,1H3,(H,24,27)(H,22,23,25,26). The highest BCUT2D eigenvalue weighted by Gasteiger charge is 2.25. The summed E-state index contributed by atoms with van der Waals surface area (Å²) in [6.07, 6.45) is 6.55. The number of thiazole rings is 1. The van der Waals surface area contributed by atoms with E-state index in [0.717, 1.165) is 58.8 Å². The van der Waals surface area contributed by atoms with Crippen molar-refractivity contribution in [3.8, 4) is 17.0 Å². The van der Waals surface area contributed by atoms with Crippen molar-refractivity contribution in [1.82, 2.24) is 30.1 Å². The molecule has 0 bridgehead atoms. The van der Waals surface area contributed by atoms with Gasteiger partial charge in [-0.15, -0.1) is 11.3 Å². The van der Waals surface area contributed by atoms with Gasteiger partial charge in [-0.1, -0.05) is 0 Å². The molecule has 1 aliphatic heterocycles. The summed E-state index contributed by atoms with van der Waals surface area (Å²) in [6.45, 7) is 1.42. The van der Waals surface area contributed by atoms with Crippen LogP contribution in [0.2, 0.25) is 0 Å². The smallest absolute Gasteiger partial charge is 0.229 e. The van der Waals surface area contributed by atoms with Gasteiger partial charge in [-0.25, -0.2) is 19.3 Å². The lowest BCUT2D eigenvalue weighted by Gasteiger charge is -2.21. The normalized spacial score (nSPS) is 12.8. The average Bonchev–Trinajstić information content (AvgIpc) is 3.37. The Kier molecular flexibility index (Phi) is 4.71. The quantitative estimate of drug-likeness (QED) is 0.503. The Labute approximate surface area is 175 Å². The second-order valence-electron chi connectivity index (χ2n) is 6.63. The van der Waals surface area contributed by atoms with Crippen molar-refractivity contribution < 1.29 is 9.13 Å². The monoisotopic (exact) mass is 424 g/mol. The maximum Gasteiger partial charge on any atom is 0.229 e. The minimum Gasteiger partial charge on any atom is -0.495 e. The number of fused-ring (bicyclic) bond motifs is 3. The molecule has 0 aromatic carbocycles. The predicted molar refractivity (Wildman–Crippen MR) is 111 cm³/mol. The van der Waals surface area contributed by atoms with E-state index in [-0.39, 0.29) is 0 Å². The minimum absolute atomic E-state index is 0.305. The largest absolute Gasteiger partial charge is 0.495 e. The summed E-state index contributed by atoms with van der Waals surface area (Å²) >= 11 is 1.53. The lowest BCUT2D eigenvalue weighted by molar-refractivity contribution is 0.412. The molecule has 0 fully saturated rings. The zero-order valence-corrected chi connectivity index (χ0v) is 16.8. The highest BCUT2D eigenvalue weighted by Crippen LogP contribution is 2.39. The van der Waals surface area contributed by atoms with E-state index in [1.807, 2.05) is 12.1 Å². The molecule has 9 nitrogen and oxygen atoms in total. The number of anilines is 3. The van der Waals surface area contributed by atoms with Crippen LogP contribution in [0.1, 0.15) is 10.6 Å². The van der Waals surface area contributed by atoms with E-state index in [1.165, 1.54) is 11.3 Å². The Bertz CT molecular complexity index is 1160. The van der Waals surface area contributed by atoms with Crippen LogP contribution in [0.15, 0.2) is 36.9 Å². The molecule has 0 atom stereocenters. The molecule has 0 saturated carbocycles. The molecule has 4 aromatic rings. The van der Waals surface area contributed by atoms with Gasteiger partial charge in [0.15, 0.2) is 10.9 Å². The van der Waals surface area contributed by atoms with Crippen molar-refractivity contribution in [2.24, 2.45) is 0 Å². The van der Waals surface area contributed by atoms with Gasteiger partial charge in [0, 0.05) is 17.8 Å². The fourth-order valence-electron chi connectivity index (χ4n) is 3.28. The highest BCUT2D eigenvalue weighted by molar-refractivity contribution is 7.16. The van der Waals surface area contributed by atoms with Crippen molar-refractivity contribution in [1.29, 1.82) is 0 Å². The van der Waals surface area contributed by atoms with Crippen LogP contribution < -0.4 is 15.0 Å². The molecule has 0 amide bonds. The fourth-order valence-corrected chi connectivity index (χ4v) is 4.24. The topological polar surface area (TPSA) is 105 Å². The number of pyridine rings is 1. The van der Waals surface area contributed by atoms with Gasteiger partial charge in [-0.2, -0.15) is 5.10 Å². The first kappa shape index (κ1) is 18.4. The molecular weight excluding hydrogens is 407 g/mol. The zero-order valence-electron chi connectivity index (χ0n) is 16.0. The summed E-state index contributed by atoms with van der Waals surface area (Å²) in [6, 6.07) is 3.86. The van der Waals surface area contributed by atoms with Gasteiger partial charge in [-0.3, -0.25) is 10.1 Å². The van der Waals surface area contributed by atoms with Crippen molar-refractivity contribution in [2.45, 2.75) is 13.0 Å². The summed E-state index contributed by atoms with van der Waals surface area (Å²) in [5, 5.41) is 11.0. The number of nitrogens with one attached hydrogen (secondary N) is 2. The van der Waals surface area contributed by atoms with E-state index in [1.54, 1.807) is 19.5 Å². The van der Waals surface area contributed by atoms with Crippen LogP contribution in [-0.4, -0.2) is 43.8 Å². The SMILES string of the molecule is COc1ccc(CN2CCc3sc(Nc4ncc(F)cn4)nc3-c3cn[nH]c32)nc1. The lowest BCUT2D eigenvalue weighted by Crippen LogP contribution is -2.25. The number of nitrogens with zero attached hydrogens (tertiary/aromatic N) is 6. The first-order valence-corrected chi connectivity index (χ1v) is 10.0. The van der Waals surface area contributed by atoms with Crippen LogP contribution in [0.3, 0.4) is 0 Å². The van der Waals surface area contributed by atoms with E-state index < -0.39 is 5.82 Å². The second kappa shape index (κ2) is 7.67. The molecule has 4 aromatic heterocycles. The summed E-state index contributed by atoms with van der Waals surface area (Å²) in [4.78, 5) is 20.4. The Morgan fingerprint density at radius 2 is 2.07 bits per heavy atom. The summed E-state index contributed by atoms with van der Waals surface area (Å²) < 4.78 is 18.2. The third kappa shape index (κ3) is 3.54. The van der Waals surface area contributed by atoms with E-state index in [9.17, 15) is 4.39 Å². The highest BCUT2D eigenvalue weighted by atomic mass is 32.1. The summed E-state index contributed by atoms with van der Waals surface area (Å²) in [5.41, 5.74) is 2.74. The van der Waals surface area contributed by atoms with Gasteiger partial charge < -0.3 is 15.0 Å². The Morgan fingerprint density at radius 1 is 1.20 bits per heavy atom. The molecule has 1 aliphatic rings. The number of hydrogen-bond acceptors (Lipinski definition) is 9. The van der Waals surface area contributed by atoms with Crippen molar-refractivity contribution in [3.63, 3.8) is 0 Å². The van der Waals surface area contributed by atoms with Gasteiger partial charge in [0.05, 0.1) is 55.4 Å². The second-order valence-corrected chi connectivity index (χ2v) is 7.72. The maximum atomic E-state index is 13.0. The molecule has 0 radical (unpaired) electrons. The Morgan fingerprint density at radius 3 is 2.83 bits per heavy atom. The first-order chi connectivity index (χ1) is 14.7. The molecule has 0 saturated heterocycles. The third-order valence-corrected chi connectivity index (χ3v) is 5.75. The first-order valence-electron chi connectivity index (χ1n) is 9.21. The van der Waals surface area contributed by atoms with E-state index >= 15 is 0 Å². The van der Waals surface area contributed by atoms with Gasteiger partial charge in [0.2, 0.25) is 5.95 Å². The van der Waals surface area contributed by atoms with Crippen molar-refractivity contribution in [3.05, 3.63) is 53.3 Å². The number of methoxy groups -OCH3 is 1. The fraction of sp³-hybridized carbons (Fsp3) is 0.211. The lowest BCUT2D eigenvalue weighted by atomic mass is 10.2. The van der Waals surface area contributed by atoms with Crippen LogP contribution >= 0.6 is 11.3 Å². The number of rotatable bonds is 5. The summed E-state index contributed by atoms with van der Waals surface area (Å²) in [5.74, 6) is 1.46. The minimum atomic E-state index is -0.482. The predicted octanol–water partition coefficient (Wildman–Crippen LogP) is 3.17. The molecule has 0 spiro atoms. The number of aromatic amines is 1. The molecule has 11 heteroatoms. The maximum absolute atomic E-state index is 13.0. The van der Waals surface area contributed by atoms with Crippen LogP contribution in [0, 0.1) is 5.82 Å². The molecule has 5 heterocycles.